The SMILES string of the molecule is CCc1cccc2c(CN3CCCC(N)C3)c[nH]c12. The number of nitrogens with zero attached hydrogens (tertiary/aromatic N) is 1. The van der Waals surface area contributed by atoms with E-state index in [0.29, 0.717) is 6.04 Å². The molecule has 1 aliphatic rings. The van der Waals surface area contributed by atoms with Gasteiger partial charge in [-0.25, -0.2) is 0 Å². The lowest BCUT2D eigenvalue weighted by molar-refractivity contribution is 0.202. The molecule has 3 rings (SSSR count). The Hall–Kier alpha value is -1.32. The summed E-state index contributed by atoms with van der Waals surface area (Å²) in [4.78, 5) is 5.93. The monoisotopic (exact) mass is 257 g/mol. The fourth-order valence-electron chi connectivity index (χ4n) is 3.18. The van der Waals surface area contributed by atoms with Crippen LogP contribution in [0.5, 0.6) is 0 Å². The minimum absolute atomic E-state index is 0.352. The molecule has 3 heteroatoms. The Labute approximate surface area is 114 Å². The molecule has 0 radical (unpaired) electrons. The van der Waals surface area contributed by atoms with E-state index in [0.717, 1.165) is 19.5 Å². The Kier molecular flexibility index (Phi) is 3.58. The van der Waals surface area contributed by atoms with Gasteiger partial charge in [0.05, 0.1) is 0 Å². The predicted octanol–water partition coefficient (Wildman–Crippen LogP) is 2.65. The Balaban J connectivity index is 1.85. The molecule has 0 amide bonds. The number of nitrogens with two attached hydrogens (primary N) is 1. The number of para-hydroxylation sites is 1. The minimum atomic E-state index is 0.352. The van der Waals surface area contributed by atoms with Gasteiger partial charge in [-0.15, -0.1) is 0 Å². The van der Waals surface area contributed by atoms with Crippen molar-refractivity contribution in [1.29, 1.82) is 0 Å². The molecule has 1 fully saturated rings. The van der Waals surface area contributed by atoms with Crippen LogP contribution in [0.25, 0.3) is 10.9 Å². The lowest BCUT2D eigenvalue weighted by Gasteiger charge is -2.30. The Morgan fingerprint density at radius 1 is 1.37 bits per heavy atom. The summed E-state index contributed by atoms with van der Waals surface area (Å²) in [5.74, 6) is 0. The Morgan fingerprint density at radius 2 is 2.26 bits per heavy atom. The fourth-order valence-corrected chi connectivity index (χ4v) is 3.18. The number of fused-ring (bicyclic) bond motifs is 1. The average Bonchev–Trinajstić information content (AvgIpc) is 2.82. The molecular weight excluding hydrogens is 234 g/mol. The van der Waals surface area contributed by atoms with Crippen LogP contribution in [0, 0.1) is 0 Å². The maximum absolute atomic E-state index is 6.06. The highest BCUT2D eigenvalue weighted by Crippen LogP contribution is 2.24. The van der Waals surface area contributed by atoms with Gasteiger partial charge in [-0.05, 0) is 36.9 Å². The van der Waals surface area contributed by atoms with Crippen LogP contribution in [-0.2, 0) is 13.0 Å². The number of H-pyrrole nitrogens is 1. The van der Waals surface area contributed by atoms with E-state index in [1.807, 2.05) is 0 Å². The van der Waals surface area contributed by atoms with Crippen molar-refractivity contribution in [2.45, 2.75) is 38.8 Å². The van der Waals surface area contributed by atoms with Crippen LogP contribution in [0.1, 0.15) is 30.9 Å². The maximum atomic E-state index is 6.06. The third kappa shape index (κ3) is 2.53. The summed E-state index contributed by atoms with van der Waals surface area (Å²) in [6.07, 6.45) is 5.64. The van der Waals surface area contributed by atoms with Crippen LogP contribution < -0.4 is 5.73 Å². The summed E-state index contributed by atoms with van der Waals surface area (Å²) in [7, 11) is 0. The third-order valence-corrected chi connectivity index (χ3v) is 4.20. The van der Waals surface area contributed by atoms with Gasteiger partial charge in [-0.2, -0.15) is 0 Å². The number of nitrogens with one attached hydrogen (secondary N) is 1. The summed E-state index contributed by atoms with van der Waals surface area (Å²) in [6.45, 7) is 5.42. The van der Waals surface area contributed by atoms with E-state index in [2.05, 4.69) is 41.2 Å². The lowest BCUT2D eigenvalue weighted by Crippen LogP contribution is -2.42. The van der Waals surface area contributed by atoms with Crippen molar-refractivity contribution in [3.63, 3.8) is 0 Å². The molecule has 1 saturated heterocycles. The lowest BCUT2D eigenvalue weighted by atomic mass is 10.0. The highest BCUT2D eigenvalue weighted by Gasteiger charge is 2.18. The number of hydrogen-bond donors (Lipinski definition) is 2. The van der Waals surface area contributed by atoms with Gasteiger partial charge >= 0.3 is 0 Å². The van der Waals surface area contributed by atoms with Crippen LogP contribution in [-0.4, -0.2) is 29.0 Å². The molecule has 2 heterocycles. The largest absolute Gasteiger partial charge is 0.361 e. The van der Waals surface area contributed by atoms with Crippen LogP contribution in [0.3, 0.4) is 0 Å². The number of benzene rings is 1. The number of piperidine rings is 1. The van der Waals surface area contributed by atoms with Crippen LogP contribution in [0.15, 0.2) is 24.4 Å². The third-order valence-electron chi connectivity index (χ3n) is 4.20. The number of likely N-dealkylation sites (tertiary alicyclic amines) is 1. The summed E-state index contributed by atoms with van der Waals surface area (Å²) in [6, 6.07) is 6.95. The van der Waals surface area contributed by atoms with Gasteiger partial charge in [-0.1, -0.05) is 25.1 Å². The van der Waals surface area contributed by atoms with Gasteiger partial charge in [0, 0.05) is 36.2 Å². The molecule has 2 aromatic rings. The standard InChI is InChI=1S/C16H23N3/c1-2-12-5-3-7-15-13(9-18-16(12)15)10-19-8-4-6-14(17)11-19/h3,5,7,9,14,18H,2,4,6,8,10-11,17H2,1H3. The predicted molar refractivity (Wildman–Crippen MR) is 80.2 cm³/mol. The van der Waals surface area contributed by atoms with E-state index in [9.17, 15) is 0 Å². The summed E-state index contributed by atoms with van der Waals surface area (Å²) >= 11 is 0. The molecule has 0 saturated carbocycles. The number of rotatable bonds is 3. The van der Waals surface area contributed by atoms with Gasteiger partial charge in [0.2, 0.25) is 0 Å². The van der Waals surface area contributed by atoms with Gasteiger partial charge in [-0.3, -0.25) is 4.90 Å². The van der Waals surface area contributed by atoms with E-state index in [-0.39, 0.29) is 0 Å². The number of aromatic nitrogens is 1. The molecule has 3 N–H and O–H groups in total. The zero-order chi connectivity index (χ0) is 13.2. The van der Waals surface area contributed by atoms with Crippen molar-refractivity contribution in [1.82, 2.24) is 9.88 Å². The van der Waals surface area contributed by atoms with E-state index >= 15 is 0 Å². The van der Waals surface area contributed by atoms with Gasteiger partial charge < -0.3 is 10.7 Å². The van der Waals surface area contributed by atoms with Crippen molar-refractivity contribution in [3.05, 3.63) is 35.5 Å². The topological polar surface area (TPSA) is 45.0 Å². The second-order valence-electron chi connectivity index (χ2n) is 5.64. The van der Waals surface area contributed by atoms with Crippen LogP contribution in [0.2, 0.25) is 0 Å². The van der Waals surface area contributed by atoms with Gasteiger partial charge in [0.1, 0.15) is 0 Å². The minimum Gasteiger partial charge on any atom is -0.361 e. The smallest absolute Gasteiger partial charge is 0.0489 e. The molecule has 3 nitrogen and oxygen atoms in total. The summed E-state index contributed by atoms with van der Waals surface area (Å²) in [5, 5.41) is 1.37. The first-order chi connectivity index (χ1) is 9.28. The number of hydrogen-bond acceptors (Lipinski definition) is 2. The van der Waals surface area contributed by atoms with Crippen LogP contribution >= 0.6 is 0 Å². The van der Waals surface area contributed by atoms with E-state index in [1.165, 1.54) is 41.4 Å². The quantitative estimate of drug-likeness (QED) is 0.888. The zero-order valence-corrected chi connectivity index (χ0v) is 11.7. The summed E-state index contributed by atoms with van der Waals surface area (Å²) < 4.78 is 0. The van der Waals surface area contributed by atoms with E-state index < -0.39 is 0 Å². The molecule has 102 valence electrons. The molecule has 1 aromatic heterocycles. The van der Waals surface area contributed by atoms with E-state index in [1.54, 1.807) is 0 Å². The normalized spacial score (nSPS) is 21.1. The molecule has 19 heavy (non-hydrogen) atoms. The first kappa shape index (κ1) is 12.7. The molecule has 0 spiro atoms. The van der Waals surface area contributed by atoms with Crippen molar-refractivity contribution in [2.75, 3.05) is 13.1 Å². The number of aromatic amines is 1. The first-order valence-electron chi connectivity index (χ1n) is 7.33. The highest BCUT2D eigenvalue weighted by atomic mass is 15.1. The average molecular weight is 257 g/mol. The molecule has 0 bridgehead atoms. The van der Waals surface area contributed by atoms with Crippen molar-refractivity contribution < 1.29 is 0 Å². The van der Waals surface area contributed by atoms with Gasteiger partial charge in [0.15, 0.2) is 0 Å². The summed E-state index contributed by atoms with van der Waals surface area (Å²) in [5.41, 5.74) is 10.2. The Morgan fingerprint density at radius 3 is 3.05 bits per heavy atom. The zero-order valence-electron chi connectivity index (χ0n) is 11.7. The first-order valence-corrected chi connectivity index (χ1v) is 7.33. The van der Waals surface area contributed by atoms with Gasteiger partial charge in [0.25, 0.3) is 0 Å². The van der Waals surface area contributed by atoms with Crippen molar-refractivity contribution >= 4 is 10.9 Å². The second kappa shape index (κ2) is 5.35. The maximum Gasteiger partial charge on any atom is 0.0489 e. The second-order valence-corrected chi connectivity index (χ2v) is 5.64. The molecule has 1 unspecified atom stereocenters. The molecule has 1 atom stereocenters. The molecule has 1 aromatic carbocycles. The molecular formula is C16H23N3. The number of aryl methyl sites for hydroxylation is 1. The Bertz CT molecular complexity index is 558. The molecule has 1 aliphatic heterocycles. The van der Waals surface area contributed by atoms with Crippen molar-refractivity contribution in [3.8, 4) is 0 Å². The molecule has 0 aliphatic carbocycles. The highest BCUT2D eigenvalue weighted by molar-refractivity contribution is 5.86. The van der Waals surface area contributed by atoms with E-state index in [4.69, 9.17) is 5.73 Å². The van der Waals surface area contributed by atoms with Crippen LogP contribution in [0.4, 0.5) is 0 Å². The fraction of sp³-hybridized carbons (Fsp3) is 0.500. The van der Waals surface area contributed by atoms with Crippen molar-refractivity contribution in [2.24, 2.45) is 5.73 Å².